The van der Waals surface area contributed by atoms with Crippen LogP contribution < -0.4 is 11.1 Å². The van der Waals surface area contributed by atoms with Gasteiger partial charge in [-0.1, -0.05) is 0 Å². The normalized spacial score (nSPS) is 16.8. The van der Waals surface area contributed by atoms with Crippen LogP contribution in [0.25, 0.3) is 0 Å². The summed E-state index contributed by atoms with van der Waals surface area (Å²) in [6.45, 7) is 0.428. The Hall–Kier alpha value is -1.30. The Morgan fingerprint density at radius 1 is 1.65 bits per heavy atom. The number of nitrogen functional groups attached to an aromatic ring is 1. The molecule has 2 rings (SSSR count). The molecule has 1 aliphatic carbocycles. The number of carbonyl (C=O) groups excluding carboxylic acids is 1. The monoisotopic (exact) mass is 255 g/mol. The lowest BCUT2D eigenvalue weighted by atomic mass is 10.3. The number of amides is 1. The van der Waals surface area contributed by atoms with Gasteiger partial charge in [-0.15, -0.1) is 0 Å². The van der Waals surface area contributed by atoms with Crippen LogP contribution in [-0.2, 0) is 10.8 Å². The number of rotatable bonds is 5. The van der Waals surface area contributed by atoms with Crippen LogP contribution in [0.15, 0.2) is 12.3 Å². The number of nitrogens with two attached hydrogens (primary N) is 1. The summed E-state index contributed by atoms with van der Waals surface area (Å²) in [7, 11) is -0.881. The number of hydrogen-bond acceptors (Lipinski definition) is 3. The number of nitrogens with zero attached hydrogens (tertiary/aromatic N) is 1. The van der Waals surface area contributed by atoms with Gasteiger partial charge in [0.05, 0.1) is 5.69 Å². The van der Waals surface area contributed by atoms with Crippen LogP contribution in [0.3, 0.4) is 0 Å². The summed E-state index contributed by atoms with van der Waals surface area (Å²) in [4.78, 5) is 11.9. The maximum atomic E-state index is 11.9. The molecule has 0 saturated heterocycles. The van der Waals surface area contributed by atoms with Crippen molar-refractivity contribution in [3.8, 4) is 0 Å². The summed E-state index contributed by atoms with van der Waals surface area (Å²) < 4.78 is 12.8. The van der Waals surface area contributed by atoms with Gasteiger partial charge >= 0.3 is 0 Å². The molecule has 0 aliphatic heterocycles. The van der Waals surface area contributed by atoms with E-state index in [4.69, 9.17) is 5.73 Å². The first-order valence-corrected chi connectivity index (χ1v) is 7.36. The van der Waals surface area contributed by atoms with E-state index < -0.39 is 10.8 Å². The largest absolute Gasteiger partial charge is 0.397 e. The van der Waals surface area contributed by atoms with Gasteiger partial charge in [0.15, 0.2) is 0 Å². The fraction of sp³-hybridized carbons (Fsp3) is 0.545. The second-order valence-electron chi connectivity index (χ2n) is 4.33. The number of nitrogens with one attached hydrogen (secondary N) is 1. The van der Waals surface area contributed by atoms with Gasteiger partial charge in [0.1, 0.15) is 5.69 Å². The van der Waals surface area contributed by atoms with E-state index in [0.717, 1.165) is 12.8 Å². The molecule has 17 heavy (non-hydrogen) atoms. The molecule has 6 heteroatoms. The van der Waals surface area contributed by atoms with Gasteiger partial charge in [0, 0.05) is 41.6 Å². The molecule has 0 radical (unpaired) electrons. The van der Waals surface area contributed by atoms with Crippen molar-refractivity contribution < 1.29 is 9.00 Å². The molecular weight excluding hydrogens is 238 g/mol. The molecule has 1 unspecified atom stereocenters. The van der Waals surface area contributed by atoms with E-state index in [1.165, 1.54) is 0 Å². The Labute approximate surface area is 103 Å². The molecule has 1 aromatic rings. The van der Waals surface area contributed by atoms with Crippen molar-refractivity contribution in [2.75, 3.05) is 24.3 Å². The zero-order chi connectivity index (χ0) is 12.4. The second-order valence-corrected chi connectivity index (χ2v) is 5.88. The molecule has 1 fully saturated rings. The molecule has 1 aromatic heterocycles. The third-order valence-electron chi connectivity index (χ3n) is 2.72. The van der Waals surface area contributed by atoms with Crippen LogP contribution in [0, 0.1) is 0 Å². The number of aromatic nitrogens is 1. The lowest BCUT2D eigenvalue weighted by Crippen LogP contribution is -2.29. The van der Waals surface area contributed by atoms with E-state index in [9.17, 15) is 9.00 Å². The molecule has 1 heterocycles. The van der Waals surface area contributed by atoms with Gasteiger partial charge in [-0.2, -0.15) is 0 Å². The summed E-state index contributed by atoms with van der Waals surface area (Å²) in [6.07, 6.45) is 5.64. The fourth-order valence-electron chi connectivity index (χ4n) is 1.74. The van der Waals surface area contributed by atoms with E-state index in [1.807, 2.05) is 10.8 Å². The highest BCUT2D eigenvalue weighted by molar-refractivity contribution is 7.84. The van der Waals surface area contributed by atoms with Crippen LogP contribution in [0.4, 0.5) is 5.69 Å². The third kappa shape index (κ3) is 3.09. The molecule has 3 N–H and O–H groups in total. The van der Waals surface area contributed by atoms with E-state index >= 15 is 0 Å². The quantitative estimate of drug-likeness (QED) is 0.805. The van der Waals surface area contributed by atoms with Gasteiger partial charge in [-0.3, -0.25) is 9.00 Å². The maximum absolute atomic E-state index is 11.9. The minimum absolute atomic E-state index is 0.140. The molecular formula is C11H17N3O2S. The van der Waals surface area contributed by atoms with Crippen molar-refractivity contribution >= 4 is 22.4 Å². The topological polar surface area (TPSA) is 77.1 Å². The van der Waals surface area contributed by atoms with E-state index in [2.05, 4.69) is 5.32 Å². The molecule has 1 aliphatic rings. The highest BCUT2D eigenvalue weighted by Gasteiger charge is 2.27. The standard InChI is InChI=1S/C11H17N3O2S/c1-17(16)5-4-13-11(15)10-6-8(12)7-14(10)9-2-3-9/h6-7,9H,2-5,12H2,1H3,(H,13,15). The Balaban J connectivity index is 2.00. The average Bonchev–Trinajstić information content (AvgIpc) is 3.01. The van der Waals surface area contributed by atoms with Crippen LogP contribution in [0.2, 0.25) is 0 Å². The zero-order valence-corrected chi connectivity index (χ0v) is 10.6. The predicted molar refractivity (Wildman–Crippen MR) is 68.4 cm³/mol. The van der Waals surface area contributed by atoms with Crippen molar-refractivity contribution in [3.63, 3.8) is 0 Å². The van der Waals surface area contributed by atoms with Gasteiger partial charge in [-0.05, 0) is 18.9 Å². The molecule has 0 spiro atoms. The van der Waals surface area contributed by atoms with Gasteiger partial charge in [-0.25, -0.2) is 0 Å². The first kappa shape index (κ1) is 12.2. The first-order chi connectivity index (χ1) is 8.08. The molecule has 5 nitrogen and oxygen atoms in total. The molecule has 1 saturated carbocycles. The van der Waals surface area contributed by atoms with Crippen LogP contribution >= 0.6 is 0 Å². The highest BCUT2D eigenvalue weighted by atomic mass is 32.2. The minimum Gasteiger partial charge on any atom is -0.397 e. The van der Waals surface area contributed by atoms with Crippen LogP contribution in [0.1, 0.15) is 29.4 Å². The molecule has 0 bridgehead atoms. The zero-order valence-electron chi connectivity index (χ0n) is 9.81. The Morgan fingerprint density at radius 2 is 2.35 bits per heavy atom. The lowest BCUT2D eigenvalue weighted by molar-refractivity contribution is 0.0946. The number of carbonyl (C=O) groups is 1. The third-order valence-corrected chi connectivity index (χ3v) is 3.50. The highest BCUT2D eigenvalue weighted by Crippen LogP contribution is 2.37. The SMILES string of the molecule is CS(=O)CCNC(=O)c1cc(N)cn1C1CC1. The second kappa shape index (κ2) is 4.91. The predicted octanol–water partition coefficient (Wildman–Crippen LogP) is 0.513. The van der Waals surface area contributed by atoms with Crippen LogP contribution in [-0.4, -0.2) is 33.2 Å². The average molecular weight is 255 g/mol. The Kier molecular flexibility index (Phi) is 3.51. The first-order valence-electron chi connectivity index (χ1n) is 5.63. The van der Waals surface area contributed by atoms with Gasteiger partial charge in [0.25, 0.3) is 5.91 Å². The summed E-state index contributed by atoms with van der Waals surface area (Å²) in [5.41, 5.74) is 6.93. The lowest BCUT2D eigenvalue weighted by Gasteiger charge is -2.07. The molecule has 94 valence electrons. The van der Waals surface area contributed by atoms with Gasteiger partial charge < -0.3 is 15.6 Å². The number of anilines is 1. The smallest absolute Gasteiger partial charge is 0.268 e. The summed E-state index contributed by atoms with van der Waals surface area (Å²) in [5, 5.41) is 2.76. The van der Waals surface area contributed by atoms with Crippen LogP contribution in [0.5, 0.6) is 0 Å². The summed E-state index contributed by atoms with van der Waals surface area (Å²) in [5.74, 6) is 0.338. The van der Waals surface area contributed by atoms with E-state index in [1.54, 1.807) is 12.3 Å². The molecule has 1 atom stereocenters. The summed E-state index contributed by atoms with van der Waals surface area (Å²) in [6, 6.07) is 2.12. The summed E-state index contributed by atoms with van der Waals surface area (Å²) >= 11 is 0. The van der Waals surface area contributed by atoms with Gasteiger partial charge in [0.2, 0.25) is 0 Å². The van der Waals surface area contributed by atoms with Crippen molar-refractivity contribution in [3.05, 3.63) is 18.0 Å². The molecule has 1 amide bonds. The van der Waals surface area contributed by atoms with Crippen molar-refractivity contribution in [2.45, 2.75) is 18.9 Å². The Morgan fingerprint density at radius 3 is 2.94 bits per heavy atom. The Bertz CT molecular complexity index is 452. The van der Waals surface area contributed by atoms with Crippen molar-refractivity contribution in [1.29, 1.82) is 0 Å². The number of hydrogen-bond donors (Lipinski definition) is 2. The fourth-order valence-corrected chi connectivity index (χ4v) is 2.13. The van der Waals surface area contributed by atoms with E-state index in [0.29, 0.717) is 29.7 Å². The van der Waals surface area contributed by atoms with Crippen molar-refractivity contribution in [2.24, 2.45) is 0 Å². The molecule has 0 aromatic carbocycles. The van der Waals surface area contributed by atoms with Crippen molar-refractivity contribution in [1.82, 2.24) is 9.88 Å². The van der Waals surface area contributed by atoms with E-state index in [-0.39, 0.29) is 5.91 Å². The maximum Gasteiger partial charge on any atom is 0.268 e. The minimum atomic E-state index is -0.881.